The summed E-state index contributed by atoms with van der Waals surface area (Å²) in [5, 5.41) is 11.1. The number of rotatable bonds is 4. The van der Waals surface area contributed by atoms with Gasteiger partial charge in [0, 0.05) is 8.95 Å². The number of halogens is 2. The molecule has 2 aromatic carbocycles. The molecule has 0 aliphatic carbocycles. The van der Waals surface area contributed by atoms with Gasteiger partial charge in [0.2, 0.25) is 0 Å². The molecule has 0 atom stereocenters. The number of hydrogen-bond acceptors (Lipinski definition) is 1. The Balaban J connectivity index is 2.47. The van der Waals surface area contributed by atoms with Gasteiger partial charge in [-0.15, -0.1) is 0 Å². The van der Waals surface area contributed by atoms with E-state index in [2.05, 4.69) is 38.8 Å². The predicted molar refractivity (Wildman–Crippen MR) is 86.2 cm³/mol. The van der Waals surface area contributed by atoms with Crippen LogP contribution in [0.25, 0.3) is 0 Å². The summed E-state index contributed by atoms with van der Waals surface area (Å²) in [4.78, 5) is 0. The standard InChI is InChI=1S/C16H16Br2O/c1-2-11-16(19,12-3-7-14(17)8-4-12)13-5-9-15(18)10-6-13/h3-10,19H,2,11H2,1H3. The molecule has 3 heteroatoms. The van der Waals surface area contributed by atoms with Crippen LogP contribution < -0.4 is 0 Å². The van der Waals surface area contributed by atoms with Gasteiger partial charge in [-0.05, 0) is 41.8 Å². The molecule has 0 heterocycles. The SMILES string of the molecule is CCCC(O)(c1ccc(Br)cc1)c1ccc(Br)cc1. The lowest BCUT2D eigenvalue weighted by Gasteiger charge is -2.29. The van der Waals surface area contributed by atoms with E-state index in [0.717, 1.165) is 26.5 Å². The lowest BCUT2D eigenvalue weighted by Crippen LogP contribution is -2.27. The van der Waals surface area contributed by atoms with Crippen LogP contribution in [0.2, 0.25) is 0 Å². The largest absolute Gasteiger partial charge is 0.380 e. The third-order valence-electron chi connectivity index (χ3n) is 3.26. The van der Waals surface area contributed by atoms with Crippen LogP contribution in [0.5, 0.6) is 0 Å². The van der Waals surface area contributed by atoms with Crippen molar-refractivity contribution in [1.29, 1.82) is 0 Å². The van der Waals surface area contributed by atoms with Crippen molar-refractivity contribution in [3.63, 3.8) is 0 Å². The second-order valence-electron chi connectivity index (χ2n) is 4.62. The molecule has 0 fully saturated rings. The first-order chi connectivity index (χ1) is 9.06. The van der Waals surface area contributed by atoms with Gasteiger partial charge >= 0.3 is 0 Å². The molecular weight excluding hydrogens is 368 g/mol. The van der Waals surface area contributed by atoms with E-state index in [1.807, 2.05) is 48.5 Å². The summed E-state index contributed by atoms with van der Waals surface area (Å²) in [6.07, 6.45) is 1.62. The van der Waals surface area contributed by atoms with Gasteiger partial charge in [0.25, 0.3) is 0 Å². The minimum absolute atomic E-state index is 0.705. The minimum atomic E-state index is -0.920. The molecule has 1 N–H and O–H groups in total. The second-order valence-corrected chi connectivity index (χ2v) is 6.46. The Bertz CT molecular complexity index is 486. The van der Waals surface area contributed by atoms with Crippen LogP contribution in [0.3, 0.4) is 0 Å². The molecule has 2 rings (SSSR count). The molecule has 0 unspecified atom stereocenters. The highest BCUT2D eigenvalue weighted by atomic mass is 79.9. The molecule has 0 bridgehead atoms. The van der Waals surface area contributed by atoms with Gasteiger partial charge in [-0.1, -0.05) is 69.5 Å². The fourth-order valence-electron chi connectivity index (χ4n) is 2.27. The monoisotopic (exact) mass is 382 g/mol. The fraction of sp³-hybridized carbons (Fsp3) is 0.250. The lowest BCUT2D eigenvalue weighted by molar-refractivity contribution is 0.0701. The molecule has 19 heavy (non-hydrogen) atoms. The van der Waals surface area contributed by atoms with E-state index in [9.17, 15) is 5.11 Å². The summed E-state index contributed by atoms with van der Waals surface area (Å²) in [7, 11) is 0. The third kappa shape index (κ3) is 3.28. The van der Waals surface area contributed by atoms with Gasteiger partial charge in [-0.3, -0.25) is 0 Å². The molecule has 0 saturated heterocycles. The van der Waals surface area contributed by atoms with E-state index in [-0.39, 0.29) is 0 Å². The molecule has 0 amide bonds. The van der Waals surface area contributed by atoms with Crippen molar-refractivity contribution in [2.45, 2.75) is 25.4 Å². The fourth-order valence-corrected chi connectivity index (χ4v) is 2.80. The van der Waals surface area contributed by atoms with Gasteiger partial charge in [-0.25, -0.2) is 0 Å². The highest BCUT2D eigenvalue weighted by molar-refractivity contribution is 9.10. The topological polar surface area (TPSA) is 20.2 Å². The summed E-state index contributed by atoms with van der Waals surface area (Å²) in [6, 6.07) is 15.8. The van der Waals surface area contributed by atoms with Crippen LogP contribution >= 0.6 is 31.9 Å². The normalized spacial score (nSPS) is 11.6. The molecule has 0 saturated carbocycles. The average Bonchev–Trinajstić information content (AvgIpc) is 2.40. The Kier molecular flexibility index (Phi) is 4.82. The number of benzene rings is 2. The first-order valence-corrected chi connectivity index (χ1v) is 7.89. The first-order valence-electron chi connectivity index (χ1n) is 6.30. The maximum Gasteiger partial charge on any atom is 0.115 e. The Morgan fingerprint density at radius 3 is 1.53 bits per heavy atom. The van der Waals surface area contributed by atoms with E-state index in [1.165, 1.54) is 0 Å². The van der Waals surface area contributed by atoms with Crippen LogP contribution in [0.15, 0.2) is 57.5 Å². The zero-order valence-corrected chi connectivity index (χ0v) is 13.9. The molecule has 0 aliphatic rings. The van der Waals surface area contributed by atoms with E-state index >= 15 is 0 Å². The highest BCUT2D eigenvalue weighted by Gasteiger charge is 2.30. The van der Waals surface area contributed by atoms with Gasteiger partial charge in [0.15, 0.2) is 0 Å². The van der Waals surface area contributed by atoms with Gasteiger partial charge in [0.05, 0.1) is 0 Å². The van der Waals surface area contributed by atoms with Crippen molar-refractivity contribution < 1.29 is 5.11 Å². The van der Waals surface area contributed by atoms with Gasteiger partial charge in [-0.2, -0.15) is 0 Å². The van der Waals surface area contributed by atoms with E-state index in [1.54, 1.807) is 0 Å². The van der Waals surface area contributed by atoms with Crippen molar-refractivity contribution in [3.8, 4) is 0 Å². The summed E-state index contributed by atoms with van der Waals surface area (Å²) in [5.41, 5.74) is 0.940. The Morgan fingerprint density at radius 1 is 0.842 bits per heavy atom. The van der Waals surface area contributed by atoms with E-state index < -0.39 is 5.60 Å². The zero-order valence-electron chi connectivity index (χ0n) is 10.7. The van der Waals surface area contributed by atoms with Crippen molar-refractivity contribution >= 4 is 31.9 Å². The molecule has 100 valence electrons. The Labute approximate surface area is 130 Å². The van der Waals surface area contributed by atoms with Gasteiger partial charge in [0.1, 0.15) is 5.60 Å². The van der Waals surface area contributed by atoms with Crippen molar-refractivity contribution in [1.82, 2.24) is 0 Å². The molecule has 2 aromatic rings. The zero-order chi connectivity index (χ0) is 13.9. The number of aliphatic hydroxyl groups is 1. The smallest absolute Gasteiger partial charge is 0.115 e. The first kappa shape index (κ1) is 14.8. The Morgan fingerprint density at radius 2 is 1.21 bits per heavy atom. The van der Waals surface area contributed by atoms with Crippen LogP contribution in [0.4, 0.5) is 0 Å². The van der Waals surface area contributed by atoms with Crippen LogP contribution in [-0.2, 0) is 5.60 Å². The van der Waals surface area contributed by atoms with Crippen LogP contribution in [0.1, 0.15) is 30.9 Å². The van der Waals surface area contributed by atoms with Crippen LogP contribution in [0, 0.1) is 0 Å². The molecule has 0 aliphatic heterocycles. The van der Waals surface area contributed by atoms with E-state index in [0.29, 0.717) is 6.42 Å². The minimum Gasteiger partial charge on any atom is -0.380 e. The van der Waals surface area contributed by atoms with Gasteiger partial charge < -0.3 is 5.11 Å². The summed E-state index contributed by atoms with van der Waals surface area (Å²) in [5.74, 6) is 0. The average molecular weight is 384 g/mol. The van der Waals surface area contributed by atoms with E-state index in [4.69, 9.17) is 0 Å². The molecule has 0 spiro atoms. The van der Waals surface area contributed by atoms with Crippen LogP contribution in [-0.4, -0.2) is 5.11 Å². The predicted octanol–water partition coefficient (Wildman–Crippen LogP) is 5.25. The molecule has 0 radical (unpaired) electrons. The maximum atomic E-state index is 11.1. The number of hydrogen-bond donors (Lipinski definition) is 1. The molecular formula is C16H16Br2O. The maximum absolute atomic E-state index is 11.1. The summed E-state index contributed by atoms with van der Waals surface area (Å²) >= 11 is 6.86. The van der Waals surface area contributed by atoms with Crippen molar-refractivity contribution in [3.05, 3.63) is 68.6 Å². The third-order valence-corrected chi connectivity index (χ3v) is 4.31. The summed E-state index contributed by atoms with van der Waals surface area (Å²) in [6.45, 7) is 2.09. The second kappa shape index (κ2) is 6.21. The Hall–Kier alpha value is -0.640. The highest BCUT2D eigenvalue weighted by Crippen LogP contribution is 2.35. The quantitative estimate of drug-likeness (QED) is 0.764. The molecule has 0 aromatic heterocycles. The van der Waals surface area contributed by atoms with Crippen molar-refractivity contribution in [2.24, 2.45) is 0 Å². The lowest BCUT2D eigenvalue weighted by atomic mass is 9.83. The summed E-state index contributed by atoms with van der Waals surface area (Å²) < 4.78 is 2.04. The molecule has 1 nitrogen and oxygen atoms in total. The van der Waals surface area contributed by atoms with Crippen molar-refractivity contribution in [2.75, 3.05) is 0 Å².